The third kappa shape index (κ3) is 6.54. The first-order chi connectivity index (χ1) is 11.9. The average molecular weight is 365 g/mol. The number of carbonyl (C=O) groups excluding carboxylic acids is 2. The first kappa shape index (κ1) is 18.9. The van der Waals surface area contributed by atoms with Crippen molar-refractivity contribution in [3.63, 3.8) is 0 Å². The van der Waals surface area contributed by atoms with Gasteiger partial charge < -0.3 is 10.1 Å². The molecular weight excluding hydrogens is 348 g/mol. The van der Waals surface area contributed by atoms with E-state index in [1.807, 2.05) is 0 Å². The van der Waals surface area contributed by atoms with E-state index < -0.39 is 24.3 Å². The van der Waals surface area contributed by atoms with Crippen LogP contribution in [0.15, 0.2) is 42.5 Å². The van der Waals surface area contributed by atoms with Gasteiger partial charge in [0.15, 0.2) is 6.61 Å². The number of thioether (sulfide) groups is 1. The van der Waals surface area contributed by atoms with Gasteiger partial charge in [0.05, 0.1) is 11.4 Å². The lowest BCUT2D eigenvalue weighted by Crippen LogP contribution is -2.22. The van der Waals surface area contributed by atoms with Crippen molar-refractivity contribution >= 4 is 29.3 Å². The minimum absolute atomic E-state index is 0.0392. The van der Waals surface area contributed by atoms with Gasteiger partial charge in [-0.25, -0.2) is 8.78 Å². The second kappa shape index (κ2) is 9.17. The van der Waals surface area contributed by atoms with Gasteiger partial charge in [0.2, 0.25) is 0 Å². The van der Waals surface area contributed by atoms with Gasteiger partial charge in [0.1, 0.15) is 11.6 Å². The van der Waals surface area contributed by atoms with Crippen molar-refractivity contribution in [2.75, 3.05) is 17.7 Å². The molecule has 0 spiro atoms. The molecule has 0 aliphatic heterocycles. The van der Waals surface area contributed by atoms with Gasteiger partial charge in [-0.3, -0.25) is 9.59 Å². The number of halogens is 2. The molecule has 2 aromatic carbocycles. The zero-order valence-corrected chi connectivity index (χ0v) is 14.4. The quantitative estimate of drug-likeness (QED) is 0.761. The first-order valence-electron chi connectivity index (χ1n) is 7.48. The van der Waals surface area contributed by atoms with Crippen LogP contribution in [0.4, 0.5) is 14.5 Å². The summed E-state index contributed by atoms with van der Waals surface area (Å²) in [7, 11) is 0. The van der Waals surface area contributed by atoms with Gasteiger partial charge >= 0.3 is 5.97 Å². The Balaban J connectivity index is 1.68. The van der Waals surface area contributed by atoms with Gasteiger partial charge in [0.25, 0.3) is 5.91 Å². The van der Waals surface area contributed by atoms with Crippen LogP contribution in [-0.4, -0.2) is 24.2 Å². The molecule has 0 radical (unpaired) electrons. The lowest BCUT2D eigenvalue weighted by Gasteiger charge is -2.08. The number of aryl methyl sites for hydroxylation is 1. The number of benzene rings is 2. The van der Waals surface area contributed by atoms with E-state index in [4.69, 9.17) is 4.74 Å². The highest BCUT2D eigenvalue weighted by atomic mass is 32.2. The zero-order valence-electron chi connectivity index (χ0n) is 13.6. The highest BCUT2D eigenvalue weighted by Gasteiger charge is 2.10. The van der Waals surface area contributed by atoms with E-state index in [-0.39, 0.29) is 17.3 Å². The van der Waals surface area contributed by atoms with Crippen molar-refractivity contribution in [2.45, 2.75) is 12.7 Å². The maximum atomic E-state index is 13.6. The van der Waals surface area contributed by atoms with Crippen LogP contribution in [0.1, 0.15) is 11.1 Å². The molecule has 0 saturated heterocycles. The maximum absolute atomic E-state index is 13.6. The fourth-order valence-electron chi connectivity index (χ4n) is 1.93. The SMILES string of the molecule is Cc1ccc(NC(=O)COC(=O)CSCc2ccc(F)cc2)c(F)c1. The summed E-state index contributed by atoms with van der Waals surface area (Å²) in [5.74, 6) is -1.44. The number of anilines is 1. The lowest BCUT2D eigenvalue weighted by molar-refractivity contribution is -0.144. The third-order valence-electron chi connectivity index (χ3n) is 3.16. The van der Waals surface area contributed by atoms with Gasteiger partial charge in [-0.2, -0.15) is 0 Å². The Morgan fingerprint density at radius 2 is 1.84 bits per heavy atom. The summed E-state index contributed by atoms with van der Waals surface area (Å²) in [6.45, 7) is 1.25. The Bertz CT molecular complexity index is 750. The first-order valence-corrected chi connectivity index (χ1v) is 8.63. The van der Waals surface area contributed by atoms with Crippen LogP contribution in [0.5, 0.6) is 0 Å². The minimum Gasteiger partial charge on any atom is -0.455 e. The fraction of sp³-hybridized carbons (Fsp3) is 0.222. The van der Waals surface area contributed by atoms with Gasteiger partial charge in [-0.05, 0) is 42.3 Å². The minimum atomic E-state index is -0.611. The number of nitrogens with one attached hydrogen (secondary N) is 1. The smallest absolute Gasteiger partial charge is 0.316 e. The van der Waals surface area contributed by atoms with Gasteiger partial charge in [0, 0.05) is 5.75 Å². The van der Waals surface area contributed by atoms with Crippen LogP contribution >= 0.6 is 11.8 Å². The van der Waals surface area contributed by atoms with E-state index in [0.717, 1.165) is 11.1 Å². The molecule has 0 heterocycles. The monoisotopic (exact) mass is 365 g/mol. The van der Waals surface area contributed by atoms with Crippen molar-refractivity contribution in [3.8, 4) is 0 Å². The normalized spacial score (nSPS) is 10.4. The number of ether oxygens (including phenoxy) is 1. The number of carbonyl (C=O) groups is 2. The van der Waals surface area contributed by atoms with Crippen LogP contribution in [0.25, 0.3) is 0 Å². The molecule has 4 nitrogen and oxygen atoms in total. The molecule has 0 bridgehead atoms. The summed E-state index contributed by atoms with van der Waals surface area (Å²) in [5, 5.41) is 2.35. The molecule has 0 aliphatic rings. The summed E-state index contributed by atoms with van der Waals surface area (Å²) in [6.07, 6.45) is 0. The predicted molar refractivity (Wildman–Crippen MR) is 93.3 cm³/mol. The van der Waals surface area contributed by atoms with Crippen LogP contribution in [0.2, 0.25) is 0 Å². The highest BCUT2D eigenvalue weighted by molar-refractivity contribution is 7.99. The number of esters is 1. The standard InChI is InChI=1S/C18H17F2NO3S/c1-12-2-7-16(15(20)8-12)21-17(22)9-24-18(23)11-25-10-13-3-5-14(19)6-4-13/h2-8H,9-11H2,1H3,(H,21,22). The van der Waals surface area contributed by atoms with Crippen molar-refractivity contribution in [2.24, 2.45) is 0 Å². The summed E-state index contributed by atoms with van der Waals surface area (Å²) >= 11 is 1.29. The number of hydrogen-bond acceptors (Lipinski definition) is 4. The van der Waals surface area contributed by atoms with Crippen LogP contribution in [0.3, 0.4) is 0 Å². The zero-order chi connectivity index (χ0) is 18.2. The topological polar surface area (TPSA) is 55.4 Å². The van der Waals surface area contributed by atoms with E-state index >= 15 is 0 Å². The Morgan fingerprint density at radius 3 is 2.52 bits per heavy atom. The Hall–Kier alpha value is -2.41. The molecule has 1 amide bonds. The second-order valence-corrected chi connectivity index (χ2v) is 6.30. The Kier molecular flexibility index (Phi) is 6.94. The molecule has 0 atom stereocenters. The molecule has 7 heteroatoms. The molecule has 132 valence electrons. The van der Waals surface area contributed by atoms with Gasteiger partial charge in [-0.15, -0.1) is 11.8 Å². The van der Waals surface area contributed by atoms with Gasteiger partial charge in [-0.1, -0.05) is 18.2 Å². The fourth-order valence-corrected chi connectivity index (χ4v) is 2.71. The number of amides is 1. The number of rotatable bonds is 7. The molecule has 0 aliphatic carbocycles. The molecular formula is C18H17F2NO3S. The van der Waals surface area contributed by atoms with E-state index in [9.17, 15) is 18.4 Å². The lowest BCUT2D eigenvalue weighted by atomic mass is 10.2. The van der Waals surface area contributed by atoms with Crippen LogP contribution in [0, 0.1) is 18.6 Å². The molecule has 0 fully saturated rings. The Labute approximate surface area is 148 Å². The van der Waals surface area contributed by atoms with Crippen LogP contribution < -0.4 is 5.32 Å². The molecule has 0 unspecified atom stereocenters. The van der Waals surface area contributed by atoms with Crippen LogP contribution in [-0.2, 0) is 20.1 Å². The second-order valence-electron chi connectivity index (χ2n) is 5.31. The van der Waals surface area contributed by atoms with Crippen molar-refractivity contribution < 1.29 is 23.1 Å². The molecule has 2 aromatic rings. The molecule has 25 heavy (non-hydrogen) atoms. The van der Waals surface area contributed by atoms with Crippen molar-refractivity contribution in [1.82, 2.24) is 0 Å². The summed E-state index contributed by atoms with van der Waals surface area (Å²) in [6, 6.07) is 10.4. The molecule has 2 rings (SSSR count). The maximum Gasteiger partial charge on any atom is 0.316 e. The summed E-state index contributed by atoms with van der Waals surface area (Å²) in [4.78, 5) is 23.3. The summed E-state index contributed by atoms with van der Waals surface area (Å²) < 4.78 is 31.2. The summed E-state index contributed by atoms with van der Waals surface area (Å²) in [5.41, 5.74) is 1.66. The molecule has 1 N–H and O–H groups in total. The van der Waals surface area contributed by atoms with E-state index in [1.54, 1.807) is 25.1 Å². The predicted octanol–water partition coefficient (Wildman–Crippen LogP) is 3.69. The number of hydrogen-bond donors (Lipinski definition) is 1. The Morgan fingerprint density at radius 1 is 1.12 bits per heavy atom. The average Bonchev–Trinajstić information content (AvgIpc) is 2.57. The van der Waals surface area contributed by atoms with Crippen molar-refractivity contribution in [3.05, 3.63) is 65.2 Å². The van der Waals surface area contributed by atoms with E-state index in [1.165, 1.54) is 36.0 Å². The third-order valence-corrected chi connectivity index (χ3v) is 4.14. The van der Waals surface area contributed by atoms with Crippen molar-refractivity contribution in [1.29, 1.82) is 0 Å². The molecule has 0 saturated carbocycles. The molecule has 0 aromatic heterocycles. The highest BCUT2D eigenvalue weighted by Crippen LogP contribution is 2.15. The van der Waals surface area contributed by atoms with E-state index in [2.05, 4.69) is 5.32 Å². The van der Waals surface area contributed by atoms with E-state index in [0.29, 0.717) is 5.75 Å². The largest absolute Gasteiger partial charge is 0.455 e.